The van der Waals surface area contributed by atoms with Gasteiger partial charge in [0.05, 0.1) is 17.6 Å². The molecule has 26 heavy (non-hydrogen) atoms. The fraction of sp³-hybridized carbons (Fsp3) is 0.211. The average Bonchev–Trinajstić information content (AvgIpc) is 2.99. The van der Waals surface area contributed by atoms with Crippen molar-refractivity contribution in [2.75, 3.05) is 5.32 Å². The van der Waals surface area contributed by atoms with Gasteiger partial charge in [0.15, 0.2) is 5.82 Å². The molecular weight excluding hydrogens is 338 g/mol. The topological polar surface area (TPSA) is 70.1 Å². The van der Waals surface area contributed by atoms with E-state index < -0.39 is 17.7 Å². The lowest BCUT2D eigenvalue weighted by Gasteiger charge is -2.08. The number of nitrogens with one attached hydrogen (secondary N) is 2. The second kappa shape index (κ2) is 5.20. The molecule has 130 valence electrons. The Bertz CT molecular complexity index is 1050. The number of carbonyl (C=O) groups excluding carboxylic acids is 1. The standard InChI is InChI=1S/C19H14F2N4O/c20-19(21)8-13(19)18(26)23-11-6-5-10-9-22-16(12(10)7-11)17-24-14-3-1-2-4-15(14)25-17/h1-7,13H,8-9H2,(H,23,26)(H,24,25). The van der Waals surface area contributed by atoms with Crippen LogP contribution in [0.3, 0.4) is 0 Å². The number of hydrogen-bond donors (Lipinski definition) is 2. The Morgan fingerprint density at radius 3 is 2.81 bits per heavy atom. The van der Waals surface area contributed by atoms with Crippen molar-refractivity contribution in [1.29, 1.82) is 0 Å². The Morgan fingerprint density at radius 2 is 2.04 bits per heavy atom. The normalized spacial score (nSPS) is 19.9. The van der Waals surface area contributed by atoms with E-state index in [9.17, 15) is 13.6 Å². The number of fused-ring (bicyclic) bond motifs is 2. The van der Waals surface area contributed by atoms with E-state index in [2.05, 4.69) is 20.3 Å². The first-order valence-corrected chi connectivity index (χ1v) is 8.33. The minimum Gasteiger partial charge on any atom is -0.337 e. The Kier molecular flexibility index (Phi) is 3.04. The first-order valence-electron chi connectivity index (χ1n) is 8.33. The fourth-order valence-electron chi connectivity index (χ4n) is 3.26. The molecule has 0 bridgehead atoms. The van der Waals surface area contributed by atoms with E-state index in [0.717, 1.165) is 22.2 Å². The molecule has 1 aromatic heterocycles. The van der Waals surface area contributed by atoms with Gasteiger partial charge in [0.25, 0.3) is 5.92 Å². The van der Waals surface area contributed by atoms with Crippen molar-refractivity contribution in [3.63, 3.8) is 0 Å². The van der Waals surface area contributed by atoms with Gasteiger partial charge in [-0.1, -0.05) is 18.2 Å². The number of rotatable bonds is 3. The van der Waals surface area contributed by atoms with Crippen molar-refractivity contribution < 1.29 is 13.6 Å². The molecule has 3 aromatic rings. The van der Waals surface area contributed by atoms with Gasteiger partial charge in [-0.2, -0.15) is 0 Å². The van der Waals surface area contributed by atoms with Crippen molar-refractivity contribution in [3.05, 3.63) is 59.4 Å². The Morgan fingerprint density at radius 1 is 1.23 bits per heavy atom. The quantitative estimate of drug-likeness (QED) is 0.757. The molecule has 5 nitrogen and oxygen atoms in total. The zero-order chi connectivity index (χ0) is 17.9. The number of aromatic nitrogens is 2. The minimum absolute atomic E-state index is 0.379. The van der Waals surface area contributed by atoms with Crippen LogP contribution in [0.25, 0.3) is 11.0 Å². The van der Waals surface area contributed by atoms with Gasteiger partial charge < -0.3 is 10.3 Å². The van der Waals surface area contributed by atoms with Crippen LogP contribution in [0.15, 0.2) is 47.5 Å². The molecular formula is C19H14F2N4O. The van der Waals surface area contributed by atoms with E-state index in [-0.39, 0.29) is 6.42 Å². The lowest BCUT2D eigenvalue weighted by Crippen LogP contribution is -2.17. The molecule has 1 aliphatic carbocycles. The van der Waals surface area contributed by atoms with Gasteiger partial charge in [0.2, 0.25) is 5.91 Å². The number of para-hydroxylation sites is 2. The summed E-state index contributed by atoms with van der Waals surface area (Å²) in [6, 6.07) is 13.0. The smallest absolute Gasteiger partial charge is 0.260 e. The van der Waals surface area contributed by atoms with Crippen molar-refractivity contribution >= 4 is 28.3 Å². The number of benzene rings is 2. The van der Waals surface area contributed by atoms with Crippen molar-refractivity contribution in [1.82, 2.24) is 9.97 Å². The third kappa shape index (κ3) is 2.39. The predicted molar refractivity (Wildman–Crippen MR) is 93.6 cm³/mol. The lowest BCUT2D eigenvalue weighted by atomic mass is 10.0. The first-order chi connectivity index (χ1) is 12.5. The summed E-state index contributed by atoms with van der Waals surface area (Å²) in [4.78, 5) is 24.3. The zero-order valence-corrected chi connectivity index (χ0v) is 13.6. The van der Waals surface area contributed by atoms with Crippen LogP contribution < -0.4 is 5.32 Å². The molecule has 1 saturated carbocycles. The predicted octanol–water partition coefficient (Wildman–Crippen LogP) is 3.51. The van der Waals surface area contributed by atoms with Gasteiger partial charge in [-0.15, -0.1) is 0 Å². The SMILES string of the molecule is O=C(Nc1ccc2c(c1)C(c1nc3ccccc3[nH]1)=NC2)C1CC1(F)F. The van der Waals surface area contributed by atoms with E-state index in [1.807, 2.05) is 30.3 Å². The highest BCUT2D eigenvalue weighted by Crippen LogP contribution is 2.49. The summed E-state index contributed by atoms with van der Waals surface area (Å²) in [7, 11) is 0. The minimum atomic E-state index is -2.87. The number of nitrogens with zero attached hydrogens (tertiary/aromatic N) is 2. The first kappa shape index (κ1) is 15.2. The van der Waals surface area contributed by atoms with Crippen LogP contribution in [0, 0.1) is 5.92 Å². The number of halogens is 2. The van der Waals surface area contributed by atoms with E-state index in [0.29, 0.717) is 23.8 Å². The highest BCUT2D eigenvalue weighted by molar-refractivity contribution is 6.14. The van der Waals surface area contributed by atoms with Gasteiger partial charge >= 0.3 is 0 Å². The summed E-state index contributed by atoms with van der Waals surface area (Å²) in [5.41, 5.74) is 4.82. The number of aliphatic imine (C=N–C) groups is 1. The number of H-pyrrole nitrogens is 1. The third-order valence-electron chi connectivity index (χ3n) is 4.80. The highest BCUT2D eigenvalue weighted by atomic mass is 19.3. The molecule has 0 saturated heterocycles. The molecule has 1 amide bonds. The van der Waals surface area contributed by atoms with E-state index in [1.165, 1.54) is 0 Å². The molecule has 1 unspecified atom stereocenters. The monoisotopic (exact) mass is 352 g/mol. The summed E-state index contributed by atoms with van der Waals surface area (Å²) in [5, 5.41) is 2.58. The van der Waals surface area contributed by atoms with Gasteiger partial charge in [0.1, 0.15) is 11.6 Å². The van der Waals surface area contributed by atoms with Crippen LogP contribution in [-0.4, -0.2) is 27.5 Å². The average molecular weight is 352 g/mol. The number of imidazole rings is 1. The maximum Gasteiger partial charge on any atom is 0.260 e. The van der Waals surface area contributed by atoms with Crippen LogP contribution >= 0.6 is 0 Å². The molecule has 7 heteroatoms. The van der Waals surface area contributed by atoms with Gasteiger partial charge in [-0.3, -0.25) is 9.79 Å². The number of alkyl halides is 2. The molecule has 1 fully saturated rings. The second-order valence-corrected chi connectivity index (χ2v) is 6.65. The van der Waals surface area contributed by atoms with E-state index in [1.54, 1.807) is 12.1 Å². The van der Waals surface area contributed by atoms with Gasteiger partial charge in [-0.25, -0.2) is 13.8 Å². The number of hydrogen-bond acceptors (Lipinski definition) is 3. The summed E-state index contributed by atoms with van der Waals surface area (Å²) in [6.07, 6.45) is -0.379. The Hall–Kier alpha value is -3.09. The molecule has 2 heterocycles. The molecule has 2 aliphatic rings. The summed E-state index contributed by atoms with van der Waals surface area (Å²) < 4.78 is 26.1. The Labute approximate surface area is 147 Å². The molecule has 5 rings (SSSR count). The number of carbonyl (C=O) groups is 1. The molecule has 0 radical (unpaired) electrons. The van der Waals surface area contributed by atoms with E-state index >= 15 is 0 Å². The van der Waals surface area contributed by atoms with Gasteiger partial charge in [0, 0.05) is 17.7 Å². The molecule has 0 spiro atoms. The van der Waals surface area contributed by atoms with Crippen LogP contribution in [0.2, 0.25) is 0 Å². The van der Waals surface area contributed by atoms with E-state index in [4.69, 9.17) is 0 Å². The molecule has 2 N–H and O–H groups in total. The number of aromatic amines is 1. The van der Waals surface area contributed by atoms with Crippen LogP contribution in [0.1, 0.15) is 23.4 Å². The lowest BCUT2D eigenvalue weighted by molar-refractivity contribution is -0.119. The second-order valence-electron chi connectivity index (χ2n) is 6.65. The van der Waals surface area contributed by atoms with Crippen LogP contribution in [0.4, 0.5) is 14.5 Å². The summed E-state index contributed by atoms with van der Waals surface area (Å²) >= 11 is 0. The number of anilines is 1. The Balaban J connectivity index is 1.45. The zero-order valence-electron chi connectivity index (χ0n) is 13.6. The molecule has 1 atom stereocenters. The van der Waals surface area contributed by atoms with Crippen LogP contribution in [-0.2, 0) is 11.3 Å². The number of amides is 1. The maximum atomic E-state index is 13.1. The largest absolute Gasteiger partial charge is 0.337 e. The van der Waals surface area contributed by atoms with Crippen LogP contribution in [0.5, 0.6) is 0 Å². The summed E-state index contributed by atoms with van der Waals surface area (Å²) in [6.45, 7) is 0.524. The summed E-state index contributed by atoms with van der Waals surface area (Å²) in [5.74, 6) is -4.08. The van der Waals surface area contributed by atoms with Crippen molar-refractivity contribution in [2.24, 2.45) is 10.9 Å². The highest BCUT2D eigenvalue weighted by Gasteiger charge is 2.61. The molecule has 2 aromatic carbocycles. The maximum absolute atomic E-state index is 13.1. The molecule has 1 aliphatic heterocycles. The fourth-order valence-corrected chi connectivity index (χ4v) is 3.26. The van der Waals surface area contributed by atoms with Crippen molar-refractivity contribution in [2.45, 2.75) is 18.9 Å². The third-order valence-corrected chi connectivity index (χ3v) is 4.80. The van der Waals surface area contributed by atoms with Gasteiger partial charge in [-0.05, 0) is 29.8 Å². The van der Waals surface area contributed by atoms with Crippen molar-refractivity contribution in [3.8, 4) is 0 Å².